The molecular weight excluding hydrogens is 390 g/mol. The Morgan fingerprint density at radius 1 is 1.10 bits per heavy atom. The molecule has 2 heterocycles. The fourth-order valence-corrected chi connectivity index (χ4v) is 6.03. The number of aliphatic hydroxyl groups excluding tert-OH is 1. The first kappa shape index (κ1) is 20.3. The summed E-state index contributed by atoms with van der Waals surface area (Å²) in [7, 11) is -3.74. The van der Waals surface area contributed by atoms with Gasteiger partial charge in [-0.25, -0.2) is 8.42 Å². The van der Waals surface area contributed by atoms with Crippen LogP contribution in [0.4, 0.5) is 0 Å². The molecule has 7 nitrogen and oxygen atoms in total. The molecular formula is C21H27N3O4S. The number of aliphatic hydroxyl groups is 1. The van der Waals surface area contributed by atoms with Crippen LogP contribution in [0.25, 0.3) is 10.9 Å². The van der Waals surface area contributed by atoms with Gasteiger partial charge in [0.1, 0.15) is 4.90 Å². The Balaban J connectivity index is 1.49. The van der Waals surface area contributed by atoms with Gasteiger partial charge in [-0.15, -0.1) is 0 Å². The number of hydrogen-bond donors (Lipinski definition) is 2. The molecule has 156 valence electrons. The monoisotopic (exact) mass is 417 g/mol. The summed E-state index contributed by atoms with van der Waals surface area (Å²) in [5.41, 5.74) is 0.460. The number of piperidine rings is 1. The van der Waals surface area contributed by atoms with E-state index < -0.39 is 10.0 Å². The van der Waals surface area contributed by atoms with Gasteiger partial charge >= 0.3 is 0 Å². The van der Waals surface area contributed by atoms with Gasteiger partial charge in [0.2, 0.25) is 15.9 Å². The highest BCUT2D eigenvalue weighted by atomic mass is 32.2. The van der Waals surface area contributed by atoms with Crippen LogP contribution in [0.1, 0.15) is 38.5 Å². The van der Waals surface area contributed by atoms with Gasteiger partial charge < -0.3 is 10.4 Å². The van der Waals surface area contributed by atoms with Crippen LogP contribution in [0.3, 0.4) is 0 Å². The van der Waals surface area contributed by atoms with E-state index >= 15 is 0 Å². The lowest BCUT2D eigenvalue weighted by Gasteiger charge is -2.33. The minimum Gasteiger partial charge on any atom is -0.393 e. The smallest absolute Gasteiger partial charge is 0.245 e. The number of aromatic nitrogens is 1. The summed E-state index contributed by atoms with van der Waals surface area (Å²) in [6.07, 6.45) is 5.59. The number of sulfonamides is 1. The van der Waals surface area contributed by atoms with Crippen LogP contribution < -0.4 is 5.32 Å². The molecule has 0 unspecified atom stereocenters. The second-order valence-corrected chi connectivity index (χ2v) is 9.95. The van der Waals surface area contributed by atoms with Crippen molar-refractivity contribution in [3.8, 4) is 0 Å². The molecule has 4 rings (SSSR count). The van der Waals surface area contributed by atoms with Crippen LogP contribution in [0.15, 0.2) is 41.4 Å². The Morgan fingerprint density at radius 2 is 1.86 bits per heavy atom. The molecule has 8 heteroatoms. The molecule has 2 aromatic rings. The van der Waals surface area contributed by atoms with Gasteiger partial charge in [0.15, 0.2) is 0 Å². The summed E-state index contributed by atoms with van der Waals surface area (Å²) >= 11 is 0. The SMILES string of the molecule is O=C(NC1CCC(O)CC1)[C@@H]1CCCN(S(=O)(=O)c2cccc3cccnc23)C1. The maximum atomic E-state index is 13.3. The molecule has 1 aliphatic carbocycles. The zero-order valence-electron chi connectivity index (χ0n) is 16.3. The number of benzene rings is 1. The molecule has 0 spiro atoms. The summed E-state index contributed by atoms with van der Waals surface area (Å²) in [4.78, 5) is 17.2. The number of carbonyl (C=O) groups is 1. The summed E-state index contributed by atoms with van der Waals surface area (Å²) < 4.78 is 28.1. The molecule has 2 N–H and O–H groups in total. The number of pyridine rings is 1. The highest BCUT2D eigenvalue weighted by Crippen LogP contribution is 2.28. The van der Waals surface area contributed by atoms with Crippen molar-refractivity contribution in [1.29, 1.82) is 0 Å². The number of nitrogens with one attached hydrogen (secondary N) is 1. The van der Waals surface area contributed by atoms with E-state index in [-0.39, 0.29) is 35.4 Å². The average molecular weight is 418 g/mol. The number of nitrogens with zero attached hydrogens (tertiary/aromatic N) is 2. The lowest BCUT2D eigenvalue weighted by Crippen LogP contribution is -2.48. The van der Waals surface area contributed by atoms with Crippen molar-refractivity contribution >= 4 is 26.8 Å². The minimum absolute atomic E-state index is 0.0696. The zero-order chi connectivity index (χ0) is 20.4. The Morgan fingerprint density at radius 3 is 2.66 bits per heavy atom. The van der Waals surface area contributed by atoms with E-state index in [4.69, 9.17) is 0 Å². The van der Waals surface area contributed by atoms with Crippen molar-refractivity contribution in [3.63, 3.8) is 0 Å². The molecule has 29 heavy (non-hydrogen) atoms. The number of para-hydroxylation sites is 1. The van der Waals surface area contributed by atoms with Gasteiger partial charge in [-0.2, -0.15) is 4.31 Å². The van der Waals surface area contributed by atoms with Crippen molar-refractivity contribution in [2.24, 2.45) is 5.92 Å². The molecule has 2 fully saturated rings. The van der Waals surface area contributed by atoms with Gasteiger partial charge in [0.05, 0.1) is 17.5 Å². The Bertz CT molecular complexity index is 981. The van der Waals surface area contributed by atoms with Gasteiger partial charge in [0.25, 0.3) is 0 Å². The third-order valence-electron chi connectivity index (χ3n) is 6.01. The lowest BCUT2D eigenvalue weighted by molar-refractivity contribution is -0.127. The van der Waals surface area contributed by atoms with E-state index in [0.29, 0.717) is 37.7 Å². The van der Waals surface area contributed by atoms with Gasteiger partial charge in [0, 0.05) is 30.7 Å². The van der Waals surface area contributed by atoms with Crippen LogP contribution in [0, 0.1) is 5.92 Å². The van der Waals surface area contributed by atoms with Crippen LogP contribution in [-0.4, -0.2) is 54.0 Å². The van der Waals surface area contributed by atoms with Gasteiger partial charge in [-0.05, 0) is 50.7 Å². The maximum absolute atomic E-state index is 13.3. The second-order valence-electron chi connectivity index (χ2n) is 8.05. The molecule has 0 bridgehead atoms. The molecule has 0 radical (unpaired) electrons. The van der Waals surface area contributed by atoms with E-state index in [1.807, 2.05) is 12.1 Å². The minimum atomic E-state index is -3.74. The van der Waals surface area contributed by atoms with Gasteiger partial charge in [-0.3, -0.25) is 9.78 Å². The van der Waals surface area contributed by atoms with Crippen molar-refractivity contribution in [2.45, 2.75) is 55.6 Å². The number of fused-ring (bicyclic) bond motifs is 1. The maximum Gasteiger partial charge on any atom is 0.245 e. The first-order valence-electron chi connectivity index (χ1n) is 10.3. The third-order valence-corrected chi connectivity index (χ3v) is 7.91. The van der Waals surface area contributed by atoms with Crippen molar-refractivity contribution in [3.05, 3.63) is 36.5 Å². The first-order valence-corrected chi connectivity index (χ1v) is 11.7. The molecule has 2 aliphatic rings. The van der Waals surface area contributed by atoms with Crippen molar-refractivity contribution < 1.29 is 18.3 Å². The second kappa shape index (κ2) is 8.38. The number of carbonyl (C=O) groups excluding carboxylic acids is 1. The fourth-order valence-electron chi connectivity index (χ4n) is 4.34. The van der Waals surface area contributed by atoms with Crippen LogP contribution in [0.2, 0.25) is 0 Å². The normalized spacial score (nSPS) is 26.3. The van der Waals surface area contributed by atoms with Crippen LogP contribution >= 0.6 is 0 Å². The van der Waals surface area contributed by atoms with E-state index in [0.717, 1.165) is 18.2 Å². The quantitative estimate of drug-likeness (QED) is 0.793. The van der Waals surface area contributed by atoms with Crippen LogP contribution in [-0.2, 0) is 14.8 Å². The van der Waals surface area contributed by atoms with Gasteiger partial charge in [-0.1, -0.05) is 18.2 Å². The van der Waals surface area contributed by atoms with E-state index in [1.54, 1.807) is 24.4 Å². The Kier molecular flexibility index (Phi) is 5.85. The number of rotatable bonds is 4. The molecule has 1 aliphatic heterocycles. The third kappa shape index (κ3) is 4.29. The van der Waals surface area contributed by atoms with Crippen molar-refractivity contribution in [1.82, 2.24) is 14.6 Å². The average Bonchev–Trinajstić information content (AvgIpc) is 2.75. The van der Waals surface area contributed by atoms with E-state index in [2.05, 4.69) is 10.3 Å². The highest BCUT2D eigenvalue weighted by molar-refractivity contribution is 7.89. The largest absolute Gasteiger partial charge is 0.393 e. The molecule has 1 amide bonds. The topological polar surface area (TPSA) is 99.6 Å². The summed E-state index contributed by atoms with van der Waals surface area (Å²) in [5, 5.41) is 13.5. The van der Waals surface area contributed by atoms with E-state index in [9.17, 15) is 18.3 Å². The van der Waals surface area contributed by atoms with Crippen LogP contribution in [0.5, 0.6) is 0 Å². The molecule has 1 aromatic carbocycles. The zero-order valence-corrected chi connectivity index (χ0v) is 17.1. The Labute approximate surface area is 171 Å². The lowest BCUT2D eigenvalue weighted by atomic mass is 9.92. The highest BCUT2D eigenvalue weighted by Gasteiger charge is 2.35. The molecule has 1 saturated carbocycles. The molecule has 1 saturated heterocycles. The predicted molar refractivity (Wildman–Crippen MR) is 110 cm³/mol. The predicted octanol–water partition coefficient (Wildman–Crippen LogP) is 2.06. The summed E-state index contributed by atoms with van der Waals surface area (Å²) in [5.74, 6) is -0.435. The van der Waals surface area contributed by atoms with E-state index in [1.165, 1.54) is 4.31 Å². The summed E-state index contributed by atoms with van der Waals surface area (Å²) in [6.45, 7) is 0.595. The molecule has 1 aromatic heterocycles. The number of hydrogen-bond acceptors (Lipinski definition) is 5. The van der Waals surface area contributed by atoms with Crippen molar-refractivity contribution in [2.75, 3.05) is 13.1 Å². The summed E-state index contributed by atoms with van der Waals surface area (Å²) in [6, 6.07) is 8.85. The first-order chi connectivity index (χ1) is 13.9. The fraction of sp³-hybridized carbons (Fsp3) is 0.524. The molecule has 1 atom stereocenters. The standard InChI is InChI=1S/C21H27N3O4S/c25-18-10-8-17(9-11-18)23-21(26)16-6-3-13-24(14-16)29(27,28)19-7-1-4-15-5-2-12-22-20(15)19/h1-2,4-5,7,12,16-18,25H,3,6,8-11,13-14H2,(H,23,26)/t16-,17?,18?/m1/s1. The Hall–Kier alpha value is -2.03. The number of amides is 1.